The van der Waals surface area contributed by atoms with E-state index in [2.05, 4.69) is 81.1 Å². The minimum atomic E-state index is -1.05. The quantitative estimate of drug-likeness (QED) is 0.144. The second kappa shape index (κ2) is 17.8. The monoisotopic (exact) mass is 994 g/mol. The van der Waals surface area contributed by atoms with Crippen molar-refractivity contribution in [3.8, 4) is 0 Å². The van der Waals surface area contributed by atoms with Gasteiger partial charge in [-0.25, -0.2) is 9.59 Å². The smallest absolute Gasteiger partial charge is 0.360 e. The molecule has 2 saturated heterocycles. The fraction of sp³-hybridized carbons (Fsp3) is 0.391. The fourth-order valence-electron chi connectivity index (χ4n) is 9.87. The maximum atomic E-state index is 12.8. The SMILES string of the molecule is COC(=O)c1nn(C)c2c3ncc(Br)cc3n(C(c3cnccc3C)C3CCOCC3)c12.Cc1ccncc1C(C1CCOCC1)n1c2c(C)c(Br)cnc2c2c1c(C(=O)O)nn2C. The van der Waals surface area contributed by atoms with E-state index in [-0.39, 0.29) is 29.4 Å². The van der Waals surface area contributed by atoms with E-state index >= 15 is 0 Å². The molecular formula is C46H48Br2N10O6. The molecule has 16 nitrogen and oxygen atoms in total. The molecule has 0 aromatic carbocycles. The van der Waals surface area contributed by atoms with Gasteiger partial charge in [0.05, 0.1) is 30.2 Å². The number of pyridine rings is 4. The van der Waals surface area contributed by atoms with Gasteiger partial charge in [-0.05, 0) is 136 Å². The third-order valence-electron chi connectivity index (χ3n) is 12.9. The summed E-state index contributed by atoms with van der Waals surface area (Å²) in [6.07, 6.45) is 14.6. The molecule has 8 aromatic rings. The van der Waals surface area contributed by atoms with Gasteiger partial charge >= 0.3 is 11.9 Å². The van der Waals surface area contributed by atoms with Crippen molar-refractivity contribution in [2.45, 2.75) is 58.5 Å². The molecule has 0 spiro atoms. The van der Waals surface area contributed by atoms with Crippen LogP contribution in [0.4, 0.5) is 0 Å². The fourth-order valence-corrected chi connectivity index (χ4v) is 10.5. The summed E-state index contributed by atoms with van der Waals surface area (Å²) < 4.78 is 25.9. The van der Waals surface area contributed by atoms with Gasteiger partial charge in [0.2, 0.25) is 0 Å². The number of carbonyl (C=O) groups is 2. The lowest BCUT2D eigenvalue weighted by atomic mass is 9.85. The molecule has 2 aliphatic heterocycles. The minimum Gasteiger partial charge on any atom is -0.476 e. The lowest BCUT2D eigenvalue weighted by Crippen LogP contribution is -2.28. The van der Waals surface area contributed by atoms with Crippen LogP contribution < -0.4 is 0 Å². The van der Waals surface area contributed by atoms with E-state index in [1.54, 1.807) is 35.0 Å². The molecule has 0 bridgehead atoms. The number of ether oxygens (including phenoxy) is 3. The molecule has 0 aliphatic carbocycles. The summed E-state index contributed by atoms with van der Waals surface area (Å²) in [7, 11) is 4.99. The number of methoxy groups -OCH3 is 1. The number of fused-ring (bicyclic) bond motifs is 6. The first-order valence-electron chi connectivity index (χ1n) is 21.2. The predicted octanol–water partition coefficient (Wildman–Crippen LogP) is 8.60. The third-order valence-corrected chi connectivity index (χ3v) is 14.1. The molecular weight excluding hydrogens is 948 g/mol. The van der Waals surface area contributed by atoms with Crippen molar-refractivity contribution in [1.82, 2.24) is 48.6 Å². The Morgan fingerprint density at radius 1 is 0.719 bits per heavy atom. The second-order valence-electron chi connectivity index (χ2n) is 16.6. The van der Waals surface area contributed by atoms with Crippen LogP contribution in [0, 0.1) is 32.6 Å². The number of aromatic carboxylic acids is 1. The number of carbonyl (C=O) groups excluding carboxylic acids is 1. The Bertz CT molecular complexity index is 3090. The van der Waals surface area contributed by atoms with E-state index in [0.29, 0.717) is 37.9 Å². The van der Waals surface area contributed by atoms with Gasteiger partial charge in [0.1, 0.15) is 33.1 Å². The number of carboxylic acid groups (broad SMARTS) is 1. The number of esters is 1. The van der Waals surface area contributed by atoms with Crippen LogP contribution in [0.15, 0.2) is 64.3 Å². The number of hydrogen-bond donors (Lipinski definition) is 1. The first kappa shape index (κ1) is 43.7. The summed E-state index contributed by atoms with van der Waals surface area (Å²) in [5.74, 6) is -0.960. The molecule has 2 fully saturated rings. The highest BCUT2D eigenvalue weighted by Crippen LogP contribution is 2.45. The predicted molar refractivity (Wildman–Crippen MR) is 248 cm³/mol. The molecule has 8 aromatic heterocycles. The van der Waals surface area contributed by atoms with Gasteiger partial charge in [-0.1, -0.05) is 0 Å². The molecule has 2 atom stereocenters. The zero-order chi connectivity index (χ0) is 45.0. The van der Waals surface area contributed by atoms with E-state index in [1.165, 1.54) is 7.11 Å². The maximum Gasteiger partial charge on any atom is 0.360 e. The molecule has 10 rings (SSSR count). The van der Waals surface area contributed by atoms with Gasteiger partial charge in [0, 0.05) is 86.6 Å². The molecule has 18 heteroatoms. The van der Waals surface area contributed by atoms with Crippen molar-refractivity contribution in [2.75, 3.05) is 33.5 Å². The number of hydrogen-bond acceptors (Lipinski definition) is 11. The Kier molecular flexibility index (Phi) is 12.1. The van der Waals surface area contributed by atoms with Crippen molar-refractivity contribution in [3.05, 3.63) is 104 Å². The first-order valence-corrected chi connectivity index (χ1v) is 22.8. The number of nitrogens with zero attached hydrogens (tertiary/aromatic N) is 10. The molecule has 332 valence electrons. The Morgan fingerprint density at radius 2 is 1.23 bits per heavy atom. The van der Waals surface area contributed by atoms with E-state index < -0.39 is 11.9 Å². The van der Waals surface area contributed by atoms with Crippen molar-refractivity contribution < 1.29 is 28.9 Å². The zero-order valence-corrected chi connectivity index (χ0v) is 39.6. The van der Waals surface area contributed by atoms with E-state index in [1.807, 2.05) is 44.7 Å². The number of halogens is 2. The average molecular weight is 997 g/mol. The molecule has 2 unspecified atom stereocenters. The van der Waals surface area contributed by atoms with E-state index in [9.17, 15) is 14.7 Å². The molecule has 2 aliphatic rings. The topological polar surface area (TPSA) is 179 Å². The zero-order valence-electron chi connectivity index (χ0n) is 36.4. The van der Waals surface area contributed by atoms with Crippen LogP contribution in [-0.2, 0) is 28.3 Å². The highest BCUT2D eigenvalue weighted by atomic mass is 79.9. The van der Waals surface area contributed by atoms with Gasteiger partial charge in [-0.15, -0.1) is 0 Å². The number of aromatic nitrogens is 10. The lowest BCUT2D eigenvalue weighted by Gasteiger charge is -2.33. The largest absolute Gasteiger partial charge is 0.476 e. The lowest BCUT2D eigenvalue weighted by molar-refractivity contribution is 0.0547. The molecule has 10 heterocycles. The van der Waals surface area contributed by atoms with Gasteiger partial charge in [-0.2, -0.15) is 10.2 Å². The summed E-state index contributed by atoms with van der Waals surface area (Å²) in [4.78, 5) is 43.3. The molecule has 1 N–H and O–H groups in total. The van der Waals surface area contributed by atoms with E-state index in [0.717, 1.165) is 101 Å². The highest BCUT2D eigenvalue weighted by Gasteiger charge is 2.37. The third kappa shape index (κ3) is 7.47. The van der Waals surface area contributed by atoms with Crippen LogP contribution in [0.1, 0.15) is 86.6 Å². The molecule has 0 amide bonds. The number of rotatable bonds is 8. The van der Waals surface area contributed by atoms with Crippen LogP contribution in [0.5, 0.6) is 0 Å². The first-order chi connectivity index (χ1) is 30.9. The summed E-state index contributed by atoms with van der Waals surface area (Å²) in [6, 6.07) is 5.92. The van der Waals surface area contributed by atoms with E-state index in [4.69, 9.17) is 24.2 Å². The molecule has 0 radical (unpaired) electrons. The summed E-state index contributed by atoms with van der Waals surface area (Å²) in [6.45, 7) is 9.00. The Morgan fingerprint density at radius 3 is 1.78 bits per heavy atom. The van der Waals surface area contributed by atoms with Crippen LogP contribution in [0.25, 0.3) is 44.1 Å². The average Bonchev–Trinajstić information content (AvgIpc) is 4.03. The van der Waals surface area contributed by atoms with Gasteiger partial charge in [-0.3, -0.25) is 29.3 Å². The van der Waals surface area contributed by atoms with Crippen LogP contribution >= 0.6 is 31.9 Å². The molecule has 0 saturated carbocycles. The van der Waals surface area contributed by atoms with Gasteiger partial charge in [0.25, 0.3) is 0 Å². The summed E-state index contributed by atoms with van der Waals surface area (Å²) in [5, 5.41) is 18.9. The normalized spacial score (nSPS) is 16.1. The van der Waals surface area contributed by atoms with Gasteiger partial charge in [0.15, 0.2) is 11.4 Å². The Balaban J connectivity index is 0.000000162. The Labute approximate surface area is 385 Å². The summed E-state index contributed by atoms with van der Waals surface area (Å²) >= 11 is 7.22. The maximum absolute atomic E-state index is 12.8. The van der Waals surface area contributed by atoms with Gasteiger partial charge < -0.3 is 28.5 Å². The highest BCUT2D eigenvalue weighted by molar-refractivity contribution is 9.10. The van der Waals surface area contributed by atoms with Crippen molar-refractivity contribution in [1.29, 1.82) is 0 Å². The van der Waals surface area contributed by atoms with Crippen LogP contribution in [0.3, 0.4) is 0 Å². The van der Waals surface area contributed by atoms with Crippen molar-refractivity contribution in [3.63, 3.8) is 0 Å². The van der Waals surface area contributed by atoms with Crippen molar-refractivity contribution in [2.24, 2.45) is 25.9 Å². The Hall–Kier alpha value is -5.56. The number of aryl methyl sites for hydroxylation is 5. The summed E-state index contributed by atoms with van der Waals surface area (Å²) in [5.41, 5.74) is 12.1. The van der Waals surface area contributed by atoms with Crippen LogP contribution in [-0.4, -0.2) is 99.2 Å². The molecule has 64 heavy (non-hydrogen) atoms. The second-order valence-corrected chi connectivity index (χ2v) is 18.3. The van der Waals surface area contributed by atoms with Crippen LogP contribution in [0.2, 0.25) is 0 Å². The minimum absolute atomic E-state index is 0.0367. The standard InChI is InChI=1S/2C23H24BrN5O3/c1-13-4-7-25-12-16(13)20(14-5-8-32-9-6-14)29-17-10-15(24)11-26-18(17)21-22(29)19(23(30)31-3)27-28(21)2;1-12-4-7-25-10-15(12)20(14-5-8-32-9-6-14)29-19-13(2)16(24)11-26-17(19)21-22(29)18(23(30)31)27-28(21)3/h4,7,10-12,14,20H,5-6,8-9H2,1-3H3;4,7,10-11,14,20H,5-6,8-9H2,1-3H3,(H,30,31). The van der Waals surface area contributed by atoms with Crippen molar-refractivity contribution >= 4 is 87.9 Å². The number of carboxylic acids is 1.